The van der Waals surface area contributed by atoms with Gasteiger partial charge in [0, 0.05) is 6.54 Å². The Labute approximate surface area is 174 Å². The van der Waals surface area contributed by atoms with Gasteiger partial charge >= 0.3 is 0 Å². The van der Waals surface area contributed by atoms with Crippen LogP contribution in [0.3, 0.4) is 0 Å². The van der Waals surface area contributed by atoms with Gasteiger partial charge < -0.3 is 4.74 Å². The van der Waals surface area contributed by atoms with Crippen molar-refractivity contribution in [1.29, 1.82) is 0 Å². The molecule has 2 aromatic rings. The molecule has 2 aromatic carbocycles. The molecule has 0 saturated carbocycles. The fraction of sp³-hybridized carbons (Fsp3) is 0.136. The summed E-state index contributed by atoms with van der Waals surface area (Å²) in [5.41, 5.74) is 3.35. The molecule has 0 fully saturated rings. The van der Waals surface area contributed by atoms with Gasteiger partial charge in [0.05, 0.1) is 0 Å². The quantitative estimate of drug-likeness (QED) is 0.389. The third-order valence-corrected chi connectivity index (χ3v) is 4.32. The summed E-state index contributed by atoms with van der Waals surface area (Å²) in [7, 11) is 0. The lowest BCUT2D eigenvalue weighted by atomic mass is 10.1. The van der Waals surface area contributed by atoms with Gasteiger partial charge in [-0.1, -0.05) is 108 Å². The molecule has 0 radical (unpaired) electrons. The largest absolute Gasteiger partial charge is 0.439 e. The molecule has 0 saturated heterocycles. The van der Waals surface area contributed by atoms with Crippen molar-refractivity contribution < 1.29 is 4.74 Å². The monoisotopic (exact) mass is 417 g/mol. The highest BCUT2D eigenvalue weighted by Crippen LogP contribution is 2.31. The third kappa shape index (κ3) is 6.28. The Morgan fingerprint density at radius 2 is 1.33 bits per heavy atom. The Balaban J connectivity index is 1.65. The molecule has 2 nitrogen and oxygen atoms in total. The highest BCUT2D eigenvalue weighted by Gasteiger charge is 2.31. The molecule has 138 valence electrons. The normalized spacial score (nSPS) is 15.4. The minimum Gasteiger partial charge on any atom is -0.439 e. The maximum Gasteiger partial charge on any atom is 0.266 e. The second kappa shape index (κ2) is 9.27. The molecule has 0 N–H and O–H groups in total. The Hall–Kier alpha value is -2.00. The first-order valence-corrected chi connectivity index (χ1v) is 9.65. The fourth-order valence-electron chi connectivity index (χ4n) is 2.46. The SMILES string of the molecule is ClC(Cl)(Cl)C1=NCCC=C(/C=C\c2ccc(/C=C\c3ccccc3)cc2)O1. The number of ether oxygens (including phenoxy) is 1. The van der Waals surface area contributed by atoms with Crippen molar-refractivity contribution in [3.8, 4) is 0 Å². The average Bonchev–Trinajstić information content (AvgIpc) is 2.92. The van der Waals surface area contributed by atoms with Gasteiger partial charge in [-0.05, 0) is 35.3 Å². The van der Waals surface area contributed by atoms with Gasteiger partial charge in [0.2, 0.25) is 5.90 Å². The maximum atomic E-state index is 5.88. The van der Waals surface area contributed by atoms with Gasteiger partial charge in [-0.2, -0.15) is 0 Å². The second-order valence-corrected chi connectivity index (χ2v) is 8.21. The van der Waals surface area contributed by atoms with E-state index in [-0.39, 0.29) is 5.90 Å². The number of halogens is 3. The van der Waals surface area contributed by atoms with Crippen LogP contribution in [0, 0.1) is 0 Å². The molecule has 0 bridgehead atoms. The molecule has 0 unspecified atom stereocenters. The fourth-order valence-corrected chi connectivity index (χ4v) is 2.76. The van der Waals surface area contributed by atoms with Crippen LogP contribution in [0.15, 0.2) is 77.5 Å². The predicted molar refractivity (Wildman–Crippen MR) is 117 cm³/mol. The van der Waals surface area contributed by atoms with Crippen molar-refractivity contribution in [1.82, 2.24) is 0 Å². The number of alkyl halides is 3. The first kappa shape index (κ1) is 19.8. The van der Waals surface area contributed by atoms with E-state index in [1.165, 1.54) is 5.56 Å². The van der Waals surface area contributed by atoms with Crippen LogP contribution >= 0.6 is 34.8 Å². The topological polar surface area (TPSA) is 21.6 Å². The van der Waals surface area contributed by atoms with Gasteiger partial charge in [0.1, 0.15) is 5.76 Å². The van der Waals surface area contributed by atoms with Crippen LogP contribution in [0.25, 0.3) is 18.2 Å². The van der Waals surface area contributed by atoms with E-state index in [1.807, 2.05) is 48.6 Å². The average molecular weight is 419 g/mol. The number of nitrogens with zero attached hydrogens (tertiary/aromatic N) is 1. The van der Waals surface area contributed by atoms with Crippen molar-refractivity contribution in [3.63, 3.8) is 0 Å². The highest BCUT2D eigenvalue weighted by atomic mass is 35.6. The zero-order valence-corrected chi connectivity index (χ0v) is 16.8. The number of allylic oxidation sites excluding steroid dienone is 1. The number of hydrogen-bond acceptors (Lipinski definition) is 2. The molecule has 0 spiro atoms. The Morgan fingerprint density at radius 1 is 0.778 bits per heavy atom. The van der Waals surface area contributed by atoms with Crippen molar-refractivity contribution >= 4 is 58.9 Å². The van der Waals surface area contributed by atoms with Crippen LogP contribution in [-0.2, 0) is 4.74 Å². The van der Waals surface area contributed by atoms with Gasteiger partial charge in [0.15, 0.2) is 0 Å². The first-order valence-electron chi connectivity index (χ1n) is 8.52. The lowest BCUT2D eigenvalue weighted by molar-refractivity contribution is 0.427. The molecule has 0 aliphatic carbocycles. The Kier molecular flexibility index (Phi) is 6.78. The number of hydrogen-bond donors (Lipinski definition) is 0. The highest BCUT2D eigenvalue weighted by molar-refractivity contribution is 6.76. The summed E-state index contributed by atoms with van der Waals surface area (Å²) in [5.74, 6) is 0.716. The zero-order chi connectivity index (χ0) is 19.1. The van der Waals surface area contributed by atoms with Crippen LogP contribution in [0.1, 0.15) is 23.1 Å². The molecule has 0 aromatic heterocycles. The molecule has 27 heavy (non-hydrogen) atoms. The summed E-state index contributed by atoms with van der Waals surface area (Å²) in [4.78, 5) is 4.16. The minimum absolute atomic E-state index is 0.0993. The van der Waals surface area contributed by atoms with E-state index < -0.39 is 3.79 Å². The molecule has 0 atom stereocenters. The van der Waals surface area contributed by atoms with Gasteiger partial charge in [-0.3, -0.25) is 4.99 Å². The first-order chi connectivity index (χ1) is 13.0. The van der Waals surface area contributed by atoms with Crippen molar-refractivity contribution in [3.05, 3.63) is 89.2 Å². The zero-order valence-electron chi connectivity index (χ0n) is 14.5. The van der Waals surface area contributed by atoms with E-state index in [9.17, 15) is 0 Å². The van der Waals surface area contributed by atoms with E-state index in [2.05, 4.69) is 41.4 Å². The summed E-state index contributed by atoms with van der Waals surface area (Å²) in [5, 5.41) is 0. The molecule has 5 heteroatoms. The van der Waals surface area contributed by atoms with Crippen molar-refractivity contribution in [2.75, 3.05) is 6.54 Å². The Morgan fingerprint density at radius 3 is 1.93 bits per heavy atom. The second-order valence-electron chi connectivity index (χ2n) is 5.93. The predicted octanol–water partition coefficient (Wildman–Crippen LogP) is 6.94. The van der Waals surface area contributed by atoms with E-state index in [0.29, 0.717) is 12.3 Å². The van der Waals surface area contributed by atoms with Gasteiger partial charge in [0.25, 0.3) is 3.79 Å². The van der Waals surface area contributed by atoms with Crippen LogP contribution in [0.5, 0.6) is 0 Å². The molecule has 1 aliphatic rings. The van der Waals surface area contributed by atoms with Crippen LogP contribution in [0.4, 0.5) is 0 Å². The lowest BCUT2D eigenvalue weighted by Crippen LogP contribution is -2.21. The van der Waals surface area contributed by atoms with Crippen LogP contribution < -0.4 is 0 Å². The standard InChI is InChI=1S/C22H18Cl3NO/c23-22(24,25)21-26-16-4-7-20(27-21)15-14-19-12-10-18(11-13-19)9-8-17-5-2-1-3-6-17/h1-3,5-15H,4,16H2/b9-8-,15-14-. The van der Waals surface area contributed by atoms with Gasteiger partial charge in [-0.25, -0.2) is 0 Å². The van der Waals surface area contributed by atoms with E-state index in [0.717, 1.165) is 17.5 Å². The molecule has 0 amide bonds. The molecular weight excluding hydrogens is 401 g/mol. The van der Waals surface area contributed by atoms with Crippen molar-refractivity contribution in [2.45, 2.75) is 10.2 Å². The molecular formula is C22H18Cl3NO. The summed E-state index contributed by atoms with van der Waals surface area (Å²) in [6, 6.07) is 18.4. The minimum atomic E-state index is -1.66. The number of rotatable bonds is 4. The third-order valence-electron chi connectivity index (χ3n) is 3.83. The summed E-state index contributed by atoms with van der Waals surface area (Å²) in [6.45, 7) is 0.531. The van der Waals surface area contributed by atoms with E-state index in [4.69, 9.17) is 39.5 Å². The van der Waals surface area contributed by atoms with E-state index >= 15 is 0 Å². The molecule has 1 aliphatic heterocycles. The van der Waals surface area contributed by atoms with Gasteiger partial charge in [-0.15, -0.1) is 0 Å². The number of aliphatic imine (C=N–C) groups is 1. The number of benzene rings is 2. The van der Waals surface area contributed by atoms with Crippen LogP contribution in [-0.4, -0.2) is 16.2 Å². The summed E-state index contributed by atoms with van der Waals surface area (Å²) >= 11 is 17.6. The molecule has 1 heterocycles. The maximum absolute atomic E-state index is 5.88. The lowest BCUT2D eigenvalue weighted by Gasteiger charge is -2.14. The van der Waals surface area contributed by atoms with Crippen LogP contribution in [0.2, 0.25) is 0 Å². The Bertz CT molecular complexity index is 876. The summed E-state index contributed by atoms with van der Waals surface area (Å²) < 4.78 is 3.96. The van der Waals surface area contributed by atoms with E-state index in [1.54, 1.807) is 0 Å². The smallest absolute Gasteiger partial charge is 0.266 e. The molecule has 3 rings (SSSR count). The van der Waals surface area contributed by atoms with Crippen molar-refractivity contribution in [2.24, 2.45) is 4.99 Å². The summed E-state index contributed by atoms with van der Waals surface area (Å²) in [6.07, 6.45) is 10.6.